The van der Waals surface area contributed by atoms with Gasteiger partial charge >= 0.3 is 18.1 Å². The molecule has 2 N–H and O–H groups in total. The van der Waals surface area contributed by atoms with Crippen LogP contribution in [0.25, 0.3) is 0 Å². The lowest BCUT2D eigenvalue weighted by Gasteiger charge is -2.16. The Balaban J connectivity index is 2.94. The Morgan fingerprint density at radius 1 is 1.22 bits per heavy atom. The van der Waals surface area contributed by atoms with Crippen molar-refractivity contribution in [3.05, 3.63) is 35.4 Å². The van der Waals surface area contributed by atoms with Gasteiger partial charge in [0.25, 0.3) is 0 Å². The number of alkyl halides is 3. The molecule has 4 nitrogen and oxygen atoms in total. The lowest BCUT2D eigenvalue weighted by Crippen LogP contribution is -2.41. The summed E-state index contributed by atoms with van der Waals surface area (Å²) in [5, 5.41) is 10.3. The molecule has 0 fully saturated rings. The Hall–Kier alpha value is -2.05. The molecular weight excluding hydrogens is 251 g/mol. The van der Waals surface area contributed by atoms with Crippen LogP contribution in [0.1, 0.15) is 17.2 Å². The van der Waals surface area contributed by atoms with E-state index in [4.69, 9.17) is 5.11 Å². The highest BCUT2D eigenvalue weighted by atomic mass is 19.4. The van der Waals surface area contributed by atoms with E-state index < -0.39 is 24.1 Å². The minimum absolute atomic E-state index is 0.0747. The van der Waals surface area contributed by atoms with Gasteiger partial charge in [0.05, 0.1) is 0 Å². The standard InChI is InChI=1S/C11H10F3NO3/c1-6-2-4-7(5-3-6)8(9(16)17)15-10(18)11(12,13)14/h2-5,8H,1H3,(H,15,18)(H,16,17). The molecule has 0 saturated carbocycles. The Morgan fingerprint density at radius 2 is 1.72 bits per heavy atom. The molecule has 0 aliphatic heterocycles. The highest BCUT2D eigenvalue weighted by Gasteiger charge is 2.41. The molecule has 0 heterocycles. The summed E-state index contributed by atoms with van der Waals surface area (Å²) in [6.45, 7) is 1.74. The number of nitrogens with one attached hydrogen (secondary N) is 1. The number of hydrogen-bond donors (Lipinski definition) is 2. The number of amides is 1. The van der Waals surface area contributed by atoms with E-state index in [1.54, 1.807) is 19.1 Å². The predicted molar refractivity (Wildman–Crippen MR) is 55.8 cm³/mol. The van der Waals surface area contributed by atoms with Gasteiger partial charge in [-0.15, -0.1) is 0 Å². The SMILES string of the molecule is Cc1ccc(C(NC(=O)C(F)(F)F)C(=O)O)cc1. The molecule has 1 rings (SSSR count). The molecule has 1 unspecified atom stereocenters. The Bertz CT molecular complexity index is 454. The number of carboxylic acids is 1. The molecular formula is C11H10F3NO3. The molecule has 1 aromatic carbocycles. The highest BCUT2D eigenvalue weighted by Crippen LogP contribution is 2.19. The highest BCUT2D eigenvalue weighted by molar-refractivity contribution is 5.87. The van der Waals surface area contributed by atoms with Crippen molar-refractivity contribution in [1.29, 1.82) is 0 Å². The summed E-state index contributed by atoms with van der Waals surface area (Å²) in [6, 6.07) is 4.07. The molecule has 1 amide bonds. The minimum atomic E-state index is -5.11. The minimum Gasteiger partial charge on any atom is -0.479 e. The normalized spacial score (nSPS) is 12.9. The van der Waals surface area contributed by atoms with Gasteiger partial charge in [-0.1, -0.05) is 29.8 Å². The quantitative estimate of drug-likeness (QED) is 0.871. The molecule has 0 bridgehead atoms. The van der Waals surface area contributed by atoms with Crippen LogP contribution in [0, 0.1) is 6.92 Å². The van der Waals surface area contributed by atoms with Crippen molar-refractivity contribution < 1.29 is 27.9 Å². The molecule has 18 heavy (non-hydrogen) atoms. The van der Waals surface area contributed by atoms with Gasteiger partial charge < -0.3 is 10.4 Å². The maximum Gasteiger partial charge on any atom is 0.471 e. The van der Waals surface area contributed by atoms with E-state index in [9.17, 15) is 22.8 Å². The average molecular weight is 261 g/mol. The van der Waals surface area contributed by atoms with E-state index >= 15 is 0 Å². The fourth-order valence-corrected chi connectivity index (χ4v) is 1.26. The summed E-state index contributed by atoms with van der Waals surface area (Å²) in [5.74, 6) is -3.84. The molecule has 0 spiro atoms. The smallest absolute Gasteiger partial charge is 0.471 e. The first kappa shape index (κ1) is 14.0. The van der Waals surface area contributed by atoms with Crippen LogP contribution in [0.5, 0.6) is 0 Å². The van der Waals surface area contributed by atoms with Crippen molar-refractivity contribution in [3.63, 3.8) is 0 Å². The van der Waals surface area contributed by atoms with Gasteiger partial charge in [-0.05, 0) is 12.5 Å². The van der Waals surface area contributed by atoms with E-state index in [1.165, 1.54) is 17.4 Å². The van der Waals surface area contributed by atoms with Crippen LogP contribution in [0.15, 0.2) is 24.3 Å². The third kappa shape index (κ3) is 3.47. The number of carbonyl (C=O) groups is 2. The monoisotopic (exact) mass is 261 g/mol. The van der Waals surface area contributed by atoms with Crippen molar-refractivity contribution in [3.8, 4) is 0 Å². The number of aryl methyl sites for hydroxylation is 1. The molecule has 7 heteroatoms. The maximum atomic E-state index is 12.0. The first-order valence-corrected chi connectivity index (χ1v) is 4.89. The van der Waals surface area contributed by atoms with Crippen LogP contribution in [-0.4, -0.2) is 23.2 Å². The third-order valence-electron chi connectivity index (χ3n) is 2.19. The number of carbonyl (C=O) groups excluding carboxylic acids is 1. The lowest BCUT2D eigenvalue weighted by atomic mass is 10.1. The summed E-state index contributed by atoms with van der Waals surface area (Å²) in [4.78, 5) is 21.6. The molecule has 0 aromatic heterocycles. The number of hydrogen-bond acceptors (Lipinski definition) is 2. The van der Waals surface area contributed by atoms with Crippen LogP contribution >= 0.6 is 0 Å². The van der Waals surface area contributed by atoms with E-state index in [0.717, 1.165) is 5.56 Å². The summed E-state index contributed by atoms with van der Waals surface area (Å²) in [7, 11) is 0. The second kappa shape index (κ2) is 5.07. The third-order valence-corrected chi connectivity index (χ3v) is 2.19. The zero-order valence-electron chi connectivity index (χ0n) is 9.28. The van der Waals surface area contributed by atoms with Gasteiger partial charge in [0, 0.05) is 0 Å². The fraction of sp³-hybridized carbons (Fsp3) is 0.273. The van der Waals surface area contributed by atoms with Gasteiger partial charge in [-0.3, -0.25) is 4.79 Å². The van der Waals surface area contributed by atoms with Crippen molar-refractivity contribution in [2.75, 3.05) is 0 Å². The number of benzene rings is 1. The number of carboxylic acid groups (broad SMARTS) is 1. The number of halogens is 3. The number of aliphatic carboxylic acids is 1. The van der Waals surface area contributed by atoms with Gasteiger partial charge in [0.1, 0.15) is 0 Å². The molecule has 98 valence electrons. The Kier molecular flexibility index (Phi) is 3.95. The first-order chi connectivity index (χ1) is 8.21. The van der Waals surface area contributed by atoms with Crippen molar-refractivity contribution in [2.45, 2.75) is 19.1 Å². The van der Waals surface area contributed by atoms with E-state index in [2.05, 4.69) is 0 Å². The van der Waals surface area contributed by atoms with Gasteiger partial charge in [-0.25, -0.2) is 4.79 Å². The van der Waals surface area contributed by atoms with E-state index in [-0.39, 0.29) is 5.56 Å². The van der Waals surface area contributed by atoms with E-state index in [0.29, 0.717) is 0 Å². The molecule has 0 aliphatic rings. The molecule has 1 atom stereocenters. The topological polar surface area (TPSA) is 66.4 Å². The summed E-state index contributed by atoms with van der Waals surface area (Å²) in [6.07, 6.45) is -5.11. The Labute approximate surface area is 100 Å². The van der Waals surface area contributed by atoms with Crippen LogP contribution in [0.3, 0.4) is 0 Å². The summed E-state index contributed by atoms with van der Waals surface area (Å²) in [5.41, 5.74) is 0.899. The molecule has 0 radical (unpaired) electrons. The van der Waals surface area contributed by atoms with Crippen LogP contribution in [0.4, 0.5) is 13.2 Å². The molecule has 1 aromatic rings. The number of rotatable bonds is 3. The van der Waals surface area contributed by atoms with Crippen molar-refractivity contribution >= 4 is 11.9 Å². The molecule has 0 aliphatic carbocycles. The van der Waals surface area contributed by atoms with Crippen molar-refractivity contribution in [1.82, 2.24) is 5.32 Å². The van der Waals surface area contributed by atoms with Crippen LogP contribution in [0.2, 0.25) is 0 Å². The van der Waals surface area contributed by atoms with Crippen molar-refractivity contribution in [2.24, 2.45) is 0 Å². The van der Waals surface area contributed by atoms with Crippen LogP contribution in [-0.2, 0) is 9.59 Å². The summed E-state index contributed by atoms with van der Waals surface area (Å²) >= 11 is 0. The summed E-state index contributed by atoms with van der Waals surface area (Å²) < 4.78 is 36.1. The zero-order chi connectivity index (χ0) is 13.9. The van der Waals surface area contributed by atoms with E-state index in [1.807, 2.05) is 0 Å². The Morgan fingerprint density at radius 3 is 2.11 bits per heavy atom. The van der Waals surface area contributed by atoms with Gasteiger partial charge in [0.15, 0.2) is 6.04 Å². The second-order valence-corrected chi connectivity index (χ2v) is 3.65. The first-order valence-electron chi connectivity index (χ1n) is 4.89. The van der Waals surface area contributed by atoms with Gasteiger partial charge in [0.2, 0.25) is 0 Å². The maximum absolute atomic E-state index is 12.0. The second-order valence-electron chi connectivity index (χ2n) is 3.65. The predicted octanol–water partition coefficient (Wildman–Crippen LogP) is 1.80. The van der Waals surface area contributed by atoms with Crippen LogP contribution < -0.4 is 5.32 Å². The lowest BCUT2D eigenvalue weighted by molar-refractivity contribution is -0.175. The molecule has 0 saturated heterocycles. The average Bonchev–Trinajstić information content (AvgIpc) is 2.25. The fourth-order valence-electron chi connectivity index (χ4n) is 1.26. The zero-order valence-corrected chi connectivity index (χ0v) is 9.28. The van der Waals surface area contributed by atoms with Gasteiger partial charge in [-0.2, -0.15) is 13.2 Å². The largest absolute Gasteiger partial charge is 0.479 e.